The van der Waals surface area contributed by atoms with Crippen molar-refractivity contribution in [3.63, 3.8) is 0 Å². The zero-order chi connectivity index (χ0) is 47.7. The Hall–Kier alpha value is -4.05. The lowest BCUT2D eigenvalue weighted by molar-refractivity contribution is -0.870. The molecule has 0 aromatic rings. The zero-order valence-electron chi connectivity index (χ0n) is 41.6. The Labute approximate surface area is 396 Å². The molecule has 0 spiro atoms. The SMILES string of the molecule is CC/C=C\C/C=C\C/C=C\C/C=C\C/C=C\C/C=C\CCCCCCCCC(=O)OC(COC(=O)CCCCCCC/C=C\C/C=C\C/C=C\CC)COC(OCC[N+](C)(C)C)C(=O)O. The van der Waals surface area contributed by atoms with Gasteiger partial charge in [-0.3, -0.25) is 9.59 Å². The Kier molecular flexibility index (Phi) is 43.6. The molecule has 0 bridgehead atoms. The lowest BCUT2D eigenvalue weighted by Crippen LogP contribution is -2.40. The largest absolute Gasteiger partial charge is 0.477 e. The fraction of sp³-hybridized carbons (Fsp3) is 0.625. The fourth-order valence-corrected chi connectivity index (χ4v) is 6.20. The number of allylic oxidation sites excluding steroid dienone is 18. The van der Waals surface area contributed by atoms with Crippen LogP contribution < -0.4 is 0 Å². The summed E-state index contributed by atoms with van der Waals surface area (Å²) in [5, 5.41) is 9.66. The lowest BCUT2D eigenvalue weighted by atomic mass is 10.1. The van der Waals surface area contributed by atoms with Gasteiger partial charge in [-0.25, -0.2) is 4.79 Å². The molecule has 0 amide bonds. The molecule has 0 aliphatic heterocycles. The van der Waals surface area contributed by atoms with Gasteiger partial charge in [-0.2, -0.15) is 0 Å². The maximum absolute atomic E-state index is 12.8. The first-order valence-electron chi connectivity index (χ1n) is 25.1. The summed E-state index contributed by atoms with van der Waals surface area (Å²) in [6.45, 7) is 4.58. The summed E-state index contributed by atoms with van der Waals surface area (Å²) in [5.41, 5.74) is 0. The number of carbonyl (C=O) groups is 3. The number of carbonyl (C=O) groups excluding carboxylic acids is 2. The van der Waals surface area contributed by atoms with Crippen molar-refractivity contribution in [1.29, 1.82) is 0 Å². The molecule has 0 aliphatic rings. The summed E-state index contributed by atoms with van der Waals surface area (Å²) in [4.78, 5) is 37.2. The Bertz CT molecular complexity index is 1430. The molecule has 0 heterocycles. The number of carboxylic acid groups (broad SMARTS) is 1. The molecule has 368 valence electrons. The van der Waals surface area contributed by atoms with Crippen molar-refractivity contribution >= 4 is 17.9 Å². The van der Waals surface area contributed by atoms with Crippen LogP contribution in [-0.4, -0.2) is 87.4 Å². The summed E-state index contributed by atoms with van der Waals surface area (Å²) < 4.78 is 22.7. The first kappa shape index (κ1) is 60.9. The van der Waals surface area contributed by atoms with Gasteiger partial charge in [-0.1, -0.05) is 168 Å². The molecule has 9 heteroatoms. The Morgan fingerprint density at radius 3 is 1.23 bits per heavy atom. The molecule has 9 nitrogen and oxygen atoms in total. The van der Waals surface area contributed by atoms with E-state index in [2.05, 4.69) is 123 Å². The van der Waals surface area contributed by atoms with Gasteiger partial charge < -0.3 is 28.5 Å². The van der Waals surface area contributed by atoms with E-state index in [0.29, 0.717) is 17.4 Å². The van der Waals surface area contributed by atoms with Crippen LogP contribution in [-0.2, 0) is 33.3 Å². The number of esters is 2. The minimum Gasteiger partial charge on any atom is -0.477 e. The van der Waals surface area contributed by atoms with Gasteiger partial charge in [-0.05, 0) is 96.3 Å². The number of nitrogens with zero attached hydrogens (tertiary/aromatic N) is 1. The number of hydrogen-bond donors (Lipinski definition) is 1. The van der Waals surface area contributed by atoms with E-state index in [4.69, 9.17) is 18.9 Å². The number of rotatable bonds is 44. The molecule has 0 aromatic heterocycles. The van der Waals surface area contributed by atoms with Gasteiger partial charge in [0.05, 0.1) is 34.4 Å². The van der Waals surface area contributed by atoms with E-state index in [1.807, 2.05) is 21.1 Å². The molecule has 0 fully saturated rings. The van der Waals surface area contributed by atoms with Crippen LogP contribution in [0, 0.1) is 0 Å². The topological polar surface area (TPSA) is 108 Å². The molecule has 65 heavy (non-hydrogen) atoms. The summed E-state index contributed by atoms with van der Waals surface area (Å²) >= 11 is 0. The second kappa shape index (κ2) is 46.5. The third kappa shape index (κ3) is 47.7. The summed E-state index contributed by atoms with van der Waals surface area (Å²) in [5.74, 6) is -2.07. The van der Waals surface area contributed by atoms with E-state index in [-0.39, 0.29) is 38.6 Å². The van der Waals surface area contributed by atoms with Crippen LogP contribution in [0.4, 0.5) is 0 Å². The third-order valence-electron chi connectivity index (χ3n) is 10.0. The van der Waals surface area contributed by atoms with Gasteiger partial charge in [0, 0.05) is 12.8 Å². The van der Waals surface area contributed by atoms with Crippen LogP contribution in [0.25, 0.3) is 0 Å². The van der Waals surface area contributed by atoms with Crippen LogP contribution in [0.1, 0.15) is 168 Å². The predicted octanol–water partition coefficient (Wildman–Crippen LogP) is 14.0. The monoisotopic (exact) mass is 907 g/mol. The molecule has 0 saturated carbocycles. The Balaban J connectivity index is 4.42. The predicted molar refractivity (Wildman–Crippen MR) is 271 cm³/mol. The van der Waals surface area contributed by atoms with Gasteiger partial charge in [0.25, 0.3) is 6.29 Å². The first-order chi connectivity index (χ1) is 31.6. The number of likely N-dealkylation sites (N-methyl/N-ethyl adjacent to an activating group) is 1. The number of ether oxygens (including phenoxy) is 4. The fourth-order valence-electron chi connectivity index (χ4n) is 6.20. The van der Waals surface area contributed by atoms with Crippen molar-refractivity contribution in [3.8, 4) is 0 Å². The quantitative estimate of drug-likeness (QED) is 0.0212. The van der Waals surface area contributed by atoms with E-state index in [9.17, 15) is 19.5 Å². The van der Waals surface area contributed by atoms with Crippen LogP contribution in [0.5, 0.6) is 0 Å². The summed E-state index contributed by atoms with van der Waals surface area (Å²) in [7, 11) is 5.94. The highest BCUT2D eigenvalue weighted by Crippen LogP contribution is 2.13. The smallest absolute Gasteiger partial charge is 0.361 e. The first-order valence-corrected chi connectivity index (χ1v) is 25.1. The average molecular weight is 907 g/mol. The molecule has 0 rings (SSSR count). The van der Waals surface area contributed by atoms with Gasteiger partial charge in [0.15, 0.2) is 6.10 Å². The highest BCUT2D eigenvalue weighted by atomic mass is 16.7. The van der Waals surface area contributed by atoms with Crippen molar-refractivity contribution < 1.29 is 42.9 Å². The summed E-state index contributed by atoms with van der Waals surface area (Å²) in [6, 6.07) is 0. The minimum absolute atomic E-state index is 0.175. The third-order valence-corrected chi connectivity index (χ3v) is 10.0. The number of quaternary nitrogens is 1. The van der Waals surface area contributed by atoms with E-state index >= 15 is 0 Å². The highest BCUT2D eigenvalue weighted by molar-refractivity contribution is 5.71. The molecule has 2 unspecified atom stereocenters. The highest BCUT2D eigenvalue weighted by Gasteiger charge is 2.25. The normalized spacial score (nSPS) is 13.8. The maximum atomic E-state index is 12.8. The van der Waals surface area contributed by atoms with Crippen LogP contribution in [0.2, 0.25) is 0 Å². The van der Waals surface area contributed by atoms with Crippen molar-refractivity contribution in [3.05, 3.63) is 109 Å². The second-order valence-electron chi connectivity index (χ2n) is 17.4. The number of carboxylic acids is 1. The summed E-state index contributed by atoms with van der Waals surface area (Å²) in [6.07, 6.45) is 60.1. The molecule has 1 N–H and O–H groups in total. The van der Waals surface area contributed by atoms with Crippen molar-refractivity contribution in [2.75, 3.05) is 47.5 Å². The molecular formula is C56H92NO8+. The van der Waals surface area contributed by atoms with Crippen molar-refractivity contribution in [1.82, 2.24) is 0 Å². The second-order valence-corrected chi connectivity index (χ2v) is 17.4. The van der Waals surface area contributed by atoms with Crippen LogP contribution >= 0.6 is 0 Å². The van der Waals surface area contributed by atoms with E-state index in [0.717, 1.165) is 135 Å². The standard InChI is InChI=1S/C56H91NO8/c1-6-8-10-12-14-16-18-20-22-23-24-25-26-27-28-29-30-31-33-35-37-39-41-43-45-47-54(59)65-52(51-64-56(55(60)61)62-49-48-57(3,4)5)50-63-53(58)46-44-42-40-38-36-34-32-21-19-17-15-13-11-9-7-2/h8-11,14-17,20-22,24-25,27-28,30-32,52,56H,6-7,12-13,18-19,23,26,29,33-51H2,1-5H3/p+1/b10-8-,11-9-,16-14-,17-15-,22-20-,25-24-,28-27-,31-30-,32-21-. The molecule has 2 atom stereocenters. The van der Waals surface area contributed by atoms with Crippen molar-refractivity contribution in [2.45, 2.75) is 180 Å². The van der Waals surface area contributed by atoms with Gasteiger partial charge in [0.1, 0.15) is 13.2 Å². The number of hydrogen-bond acceptors (Lipinski definition) is 7. The molecule has 0 aliphatic carbocycles. The molecule has 0 saturated heterocycles. The van der Waals surface area contributed by atoms with E-state index in [1.54, 1.807) is 0 Å². The van der Waals surface area contributed by atoms with Gasteiger partial charge in [-0.15, -0.1) is 0 Å². The zero-order valence-corrected chi connectivity index (χ0v) is 41.6. The van der Waals surface area contributed by atoms with E-state index < -0.39 is 24.3 Å². The molecule has 0 aromatic carbocycles. The number of aliphatic carboxylic acids is 1. The Morgan fingerprint density at radius 1 is 0.462 bits per heavy atom. The Morgan fingerprint density at radius 2 is 0.831 bits per heavy atom. The average Bonchev–Trinajstić information content (AvgIpc) is 3.27. The minimum atomic E-state index is -1.52. The number of unbranched alkanes of at least 4 members (excludes halogenated alkanes) is 11. The van der Waals surface area contributed by atoms with Crippen LogP contribution in [0.15, 0.2) is 109 Å². The van der Waals surface area contributed by atoms with Crippen molar-refractivity contribution in [2.24, 2.45) is 0 Å². The molecule has 0 radical (unpaired) electrons. The van der Waals surface area contributed by atoms with Gasteiger partial charge in [0.2, 0.25) is 0 Å². The lowest BCUT2D eigenvalue weighted by Gasteiger charge is -2.25. The van der Waals surface area contributed by atoms with E-state index in [1.165, 1.54) is 0 Å². The maximum Gasteiger partial charge on any atom is 0.361 e. The van der Waals surface area contributed by atoms with Gasteiger partial charge >= 0.3 is 17.9 Å². The van der Waals surface area contributed by atoms with Crippen LogP contribution in [0.3, 0.4) is 0 Å². The molecular weight excluding hydrogens is 815 g/mol.